The number of halogens is 2. The van der Waals surface area contributed by atoms with Crippen LogP contribution < -0.4 is 10.2 Å². The molecule has 2 heterocycles. The number of nitrogens with one attached hydrogen (secondary N) is 1. The predicted molar refractivity (Wildman–Crippen MR) is 59.3 cm³/mol. The van der Waals surface area contributed by atoms with Crippen LogP contribution in [0, 0.1) is 0 Å². The van der Waals surface area contributed by atoms with Gasteiger partial charge in [-0.1, -0.05) is 23.2 Å². The second kappa shape index (κ2) is 4.34. The molecule has 1 fully saturated rings. The van der Waals surface area contributed by atoms with Crippen LogP contribution in [0.25, 0.3) is 0 Å². The first-order valence-electron chi connectivity index (χ1n) is 4.54. The second-order valence-electron chi connectivity index (χ2n) is 3.20. The van der Waals surface area contributed by atoms with Crippen LogP contribution in [-0.4, -0.2) is 31.2 Å². The Morgan fingerprint density at radius 1 is 1.21 bits per heavy atom. The molecular formula is C9H11Cl2N3. The van der Waals surface area contributed by atoms with Crippen molar-refractivity contribution in [3.05, 3.63) is 22.3 Å². The Kier molecular flexibility index (Phi) is 3.11. The highest BCUT2D eigenvalue weighted by Crippen LogP contribution is 2.21. The number of rotatable bonds is 1. The van der Waals surface area contributed by atoms with Gasteiger partial charge in [-0.15, -0.1) is 0 Å². The molecule has 0 aliphatic carbocycles. The van der Waals surface area contributed by atoms with Gasteiger partial charge in [-0.3, -0.25) is 0 Å². The molecule has 1 aliphatic rings. The molecule has 14 heavy (non-hydrogen) atoms. The van der Waals surface area contributed by atoms with Crippen molar-refractivity contribution >= 4 is 29.0 Å². The molecule has 0 aromatic carbocycles. The van der Waals surface area contributed by atoms with Crippen LogP contribution in [0.3, 0.4) is 0 Å². The van der Waals surface area contributed by atoms with Gasteiger partial charge < -0.3 is 10.2 Å². The quantitative estimate of drug-likeness (QED) is 0.748. The van der Waals surface area contributed by atoms with Gasteiger partial charge in [0.1, 0.15) is 11.0 Å². The maximum Gasteiger partial charge on any atom is 0.132 e. The zero-order valence-electron chi connectivity index (χ0n) is 7.63. The lowest BCUT2D eigenvalue weighted by Crippen LogP contribution is -2.43. The van der Waals surface area contributed by atoms with E-state index in [9.17, 15) is 0 Å². The SMILES string of the molecule is Clc1cc(Cl)nc(N2CCNCC2)c1. The van der Waals surface area contributed by atoms with Crippen molar-refractivity contribution in [2.45, 2.75) is 0 Å². The molecule has 0 radical (unpaired) electrons. The molecule has 0 unspecified atom stereocenters. The average Bonchev–Trinajstić information content (AvgIpc) is 2.18. The van der Waals surface area contributed by atoms with Crippen molar-refractivity contribution in [1.82, 2.24) is 10.3 Å². The summed E-state index contributed by atoms with van der Waals surface area (Å²) in [5.41, 5.74) is 0. The van der Waals surface area contributed by atoms with E-state index < -0.39 is 0 Å². The molecule has 2 rings (SSSR count). The maximum absolute atomic E-state index is 5.90. The molecule has 1 aromatic rings. The van der Waals surface area contributed by atoms with Crippen molar-refractivity contribution < 1.29 is 0 Å². The van der Waals surface area contributed by atoms with Crippen molar-refractivity contribution in [3.63, 3.8) is 0 Å². The Hall–Kier alpha value is -0.510. The molecule has 1 N–H and O–H groups in total. The van der Waals surface area contributed by atoms with E-state index in [1.54, 1.807) is 6.07 Å². The maximum atomic E-state index is 5.90. The van der Waals surface area contributed by atoms with Gasteiger partial charge in [0.25, 0.3) is 0 Å². The molecule has 0 bridgehead atoms. The van der Waals surface area contributed by atoms with Crippen molar-refractivity contribution in [3.8, 4) is 0 Å². The van der Waals surface area contributed by atoms with Crippen LogP contribution in [0.5, 0.6) is 0 Å². The highest BCUT2D eigenvalue weighted by atomic mass is 35.5. The summed E-state index contributed by atoms with van der Waals surface area (Å²) in [6.07, 6.45) is 0. The number of hydrogen-bond donors (Lipinski definition) is 1. The molecular weight excluding hydrogens is 221 g/mol. The Bertz CT molecular complexity index is 304. The summed E-state index contributed by atoms with van der Waals surface area (Å²) < 4.78 is 0. The number of hydrogen-bond acceptors (Lipinski definition) is 3. The molecule has 0 amide bonds. The Balaban J connectivity index is 2.21. The summed E-state index contributed by atoms with van der Waals surface area (Å²) in [4.78, 5) is 6.41. The number of aromatic nitrogens is 1. The number of pyridine rings is 1. The van der Waals surface area contributed by atoms with Crippen LogP contribution >= 0.6 is 23.2 Å². The van der Waals surface area contributed by atoms with Crippen molar-refractivity contribution in [1.29, 1.82) is 0 Å². The third kappa shape index (κ3) is 2.29. The van der Waals surface area contributed by atoms with E-state index in [0.717, 1.165) is 32.0 Å². The highest BCUT2D eigenvalue weighted by molar-refractivity contribution is 6.34. The molecule has 1 saturated heterocycles. The molecule has 3 nitrogen and oxygen atoms in total. The normalized spacial score (nSPS) is 17.1. The van der Waals surface area contributed by atoms with E-state index >= 15 is 0 Å². The highest BCUT2D eigenvalue weighted by Gasteiger charge is 2.12. The zero-order valence-corrected chi connectivity index (χ0v) is 9.15. The summed E-state index contributed by atoms with van der Waals surface area (Å²) in [6, 6.07) is 3.49. The Labute approximate surface area is 93.0 Å². The average molecular weight is 232 g/mol. The lowest BCUT2D eigenvalue weighted by molar-refractivity contribution is 0.585. The van der Waals surface area contributed by atoms with E-state index in [-0.39, 0.29) is 0 Å². The van der Waals surface area contributed by atoms with E-state index in [0.29, 0.717) is 10.2 Å². The first-order valence-corrected chi connectivity index (χ1v) is 5.30. The first-order chi connectivity index (χ1) is 6.75. The lowest BCUT2D eigenvalue weighted by atomic mass is 10.3. The summed E-state index contributed by atoms with van der Waals surface area (Å²) >= 11 is 11.7. The largest absolute Gasteiger partial charge is 0.354 e. The van der Waals surface area contributed by atoms with Gasteiger partial charge >= 0.3 is 0 Å². The molecule has 0 atom stereocenters. The Morgan fingerprint density at radius 2 is 1.93 bits per heavy atom. The molecule has 5 heteroatoms. The topological polar surface area (TPSA) is 28.2 Å². The molecule has 0 spiro atoms. The summed E-state index contributed by atoms with van der Waals surface area (Å²) in [7, 11) is 0. The summed E-state index contributed by atoms with van der Waals surface area (Å²) in [5.74, 6) is 0.865. The summed E-state index contributed by atoms with van der Waals surface area (Å²) in [6.45, 7) is 3.85. The van der Waals surface area contributed by atoms with E-state index in [1.165, 1.54) is 0 Å². The van der Waals surface area contributed by atoms with Crippen LogP contribution in [0.2, 0.25) is 10.2 Å². The van der Waals surface area contributed by atoms with Gasteiger partial charge in [0.15, 0.2) is 0 Å². The molecule has 76 valence electrons. The zero-order chi connectivity index (χ0) is 9.97. The van der Waals surface area contributed by atoms with Gasteiger partial charge in [-0.05, 0) is 12.1 Å². The molecule has 1 aliphatic heterocycles. The number of piperazine rings is 1. The fourth-order valence-corrected chi connectivity index (χ4v) is 1.97. The van der Waals surface area contributed by atoms with Gasteiger partial charge in [0.2, 0.25) is 0 Å². The summed E-state index contributed by atoms with van der Waals surface area (Å²) in [5, 5.41) is 4.37. The third-order valence-corrected chi connectivity index (χ3v) is 2.60. The van der Waals surface area contributed by atoms with E-state index in [4.69, 9.17) is 23.2 Å². The first kappa shape index (κ1) is 10.0. The Morgan fingerprint density at radius 3 is 2.57 bits per heavy atom. The van der Waals surface area contributed by atoms with Gasteiger partial charge in [-0.25, -0.2) is 4.98 Å². The van der Waals surface area contributed by atoms with Crippen molar-refractivity contribution in [2.24, 2.45) is 0 Å². The lowest BCUT2D eigenvalue weighted by Gasteiger charge is -2.28. The van der Waals surface area contributed by atoms with Gasteiger partial charge in [0.05, 0.1) is 0 Å². The van der Waals surface area contributed by atoms with Crippen LogP contribution in [0.4, 0.5) is 5.82 Å². The van der Waals surface area contributed by atoms with Crippen molar-refractivity contribution in [2.75, 3.05) is 31.1 Å². The minimum atomic E-state index is 0.450. The van der Waals surface area contributed by atoms with Gasteiger partial charge in [-0.2, -0.15) is 0 Å². The number of nitrogens with zero attached hydrogens (tertiary/aromatic N) is 2. The monoisotopic (exact) mass is 231 g/mol. The van der Waals surface area contributed by atoms with Crippen LogP contribution in [-0.2, 0) is 0 Å². The van der Waals surface area contributed by atoms with Crippen LogP contribution in [0.1, 0.15) is 0 Å². The standard InChI is InChI=1S/C9H11Cl2N3/c10-7-5-8(11)13-9(6-7)14-3-1-12-2-4-14/h5-6,12H,1-4H2. The van der Waals surface area contributed by atoms with E-state index in [1.807, 2.05) is 6.07 Å². The fourth-order valence-electron chi connectivity index (χ4n) is 1.51. The van der Waals surface area contributed by atoms with E-state index in [2.05, 4.69) is 15.2 Å². The van der Waals surface area contributed by atoms with Crippen LogP contribution in [0.15, 0.2) is 12.1 Å². The fraction of sp³-hybridized carbons (Fsp3) is 0.444. The van der Waals surface area contributed by atoms with Gasteiger partial charge in [0, 0.05) is 31.2 Å². The smallest absolute Gasteiger partial charge is 0.132 e. The second-order valence-corrected chi connectivity index (χ2v) is 4.03. The number of anilines is 1. The predicted octanol–water partition coefficient (Wildman–Crippen LogP) is 1.80. The third-order valence-electron chi connectivity index (χ3n) is 2.19. The minimum Gasteiger partial charge on any atom is -0.354 e. The minimum absolute atomic E-state index is 0.450. The molecule has 0 saturated carbocycles. The molecule has 1 aromatic heterocycles.